The zero-order valence-electron chi connectivity index (χ0n) is 6.50. The molecule has 0 spiro atoms. The van der Waals surface area contributed by atoms with Gasteiger partial charge in [0.15, 0.2) is 0 Å². The van der Waals surface area contributed by atoms with Crippen molar-refractivity contribution in [2.75, 3.05) is 0 Å². The molecule has 0 aliphatic carbocycles. The average Bonchev–Trinajstić information content (AvgIpc) is 2.33. The Morgan fingerprint density at radius 3 is 2.73 bits per heavy atom. The Balaban J connectivity index is 2.93. The van der Waals surface area contributed by atoms with Gasteiger partial charge in [0.1, 0.15) is 6.10 Å². The van der Waals surface area contributed by atoms with Crippen molar-refractivity contribution in [3.8, 4) is 0 Å². The van der Waals surface area contributed by atoms with Crippen LogP contribution in [-0.2, 0) is 0 Å². The normalized spacial score (nSPS) is 13.0. The molecule has 1 atom stereocenters. The van der Waals surface area contributed by atoms with E-state index in [2.05, 4.69) is 0 Å². The van der Waals surface area contributed by atoms with E-state index in [1.807, 2.05) is 18.4 Å². The number of rotatable bonds is 2. The highest BCUT2D eigenvalue weighted by molar-refractivity contribution is 7.12. The lowest BCUT2D eigenvalue weighted by Crippen LogP contribution is -2.15. The Kier molecular flexibility index (Phi) is 2.42. The molecule has 60 valence electrons. The Morgan fingerprint density at radius 2 is 2.36 bits per heavy atom. The van der Waals surface area contributed by atoms with Gasteiger partial charge in [-0.15, -0.1) is 11.3 Å². The summed E-state index contributed by atoms with van der Waals surface area (Å²) in [7, 11) is 0. The van der Waals surface area contributed by atoms with Crippen molar-refractivity contribution in [3.63, 3.8) is 0 Å². The first-order valence-corrected chi connectivity index (χ1v) is 4.27. The molecule has 0 aliphatic heterocycles. The molecular formula is C8H10O2S. The summed E-state index contributed by atoms with van der Waals surface area (Å²) in [4.78, 5) is 11.9. The molecule has 1 heterocycles. The first kappa shape index (κ1) is 8.43. The first-order valence-electron chi connectivity index (χ1n) is 3.39. The van der Waals surface area contributed by atoms with Crippen LogP contribution in [-0.4, -0.2) is 17.0 Å². The van der Waals surface area contributed by atoms with Crippen molar-refractivity contribution in [3.05, 3.63) is 21.9 Å². The van der Waals surface area contributed by atoms with Crippen LogP contribution in [0.5, 0.6) is 0 Å². The summed E-state index contributed by atoms with van der Waals surface area (Å²) in [6, 6.07) is 1.88. The van der Waals surface area contributed by atoms with Crippen molar-refractivity contribution >= 4 is 17.1 Å². The van der Waals surface area contributed by atoms with Crippen LogP contribution in [0.25, 0.3) is 0 Å². The second-order valence-corrected chi connectivity index (χ2v) is 3.39. The molecule has 3 heteroatoms. The highest BCUT2D eigenvalue weighted by Crippen LogP contribution is 2.17. The van der Waals surface area contributed by atoms with Crippen molar-refractivity contribution in [2.45, 2.75) is 20.0 Å². The lowest BCUT2D eigenvalue weighted by molar-refractivity contribution is 0.0783. The quantitative estimate of drug-likeness (QED) is 0.685. The summed E-state index contributed by atoms with van der Waals surface area (Å²) in [6.07, 6.45) is -0.882. The van der Waals surface area contributed by atoms with E-state index in [1.165, 1.54) is 18.3 Å². The lowest BCUT2D eigenvalue weighted by Gasteiger charge is -2.00. The number of Topliss-reactive ketones (excluding diaryl/α,β-unsaturated/α-hetero) is 1. The number of aliphatic hydroxyl groups is 1. The number of aliphatic hydroxyl groups excluding tert-OH is 1. The van der Waals surface area contributed by atoms with E-state index in [1.54, 1.807) is 0 Å². The van der Waals surface area contributed by atoms with Crippen molar-refractivity contribution in [2.24, 2.45) is 0 Å². The fourth-order valence-electron chi connectivity index (χ4n) is 0.815. The molecule has 1 rings (SSSR count). The van der Waals surface area contributed by atoms with E-state index < -0.39 is 6.10 Å². The number of thiophene rings is 1. The summed E-state index contributed by atoms with van der Waals surface area (Å²) in [5, 5.41) is 10.8. The van der Waals surface area contributed by atoms with Gasteiger partial charge in [0, 0.05) is 0 Å². The molecule has 1 N–H and O–H groups in total. The first-order chi connectivity index (χ1) is 5.13. The van der Waals surface area contributed by atoms with E-state index in [0.717, 1.165) is 5.56 Å². The van der Waals surface area contributed by atoms with Crippen LogP contribution in [0.1, 0.15) is 22.2 Å². The zero-order valence-corrected chi connectivity index (χ0v) is 7.31. The third kappa shape index (κ3) is 1.67. The fraction of sp³-hybridized carbons (Fsp3) is 0.375. The van der Waals surface area contributed by atoms with Gasteiger partial charge in [-0.25, -0.2) is 0 Å². The molecule has 1 aromatic rings. The van der Waals surface area contributed by atoms with Crippen LogP contribution in [0.3, 0.4) is 0 Å². The van der Waals surface area contributed by atoms with Crippen LogP contribution in [0.2, 0.25) is 0 Å². The predicted octanol–water partition coefficient (Wildman–Crippen LogP) is 1.62. The Bertz CT molecular complexity index is 263. The highest BCUT2D eigenvalue weighted by Gasteiger charge is 2.14. The average molecular weight is 170 g/mol. The molecule has 1 aromatic heterocycles. The summed E-state index contributed by atoms with van der Waals surface area (Å²) in [5.74, 6) is -0.183. The van der Waals surface area contributed by atoms with Gasteiger partial charge in [0.05, 0.1) is 4.88 Å². The number of hydrogen-bond donors (Lipinski definition) is 1. The number of carbonyl (C=O) groups excluding carboxylic acids is 1. The van der Waals surface area contributed by atoms with Crippen LogP contribution >= 0.6 is 11.3 Å². The molecule has 0 aliphatic rings. The minimum Gasteiger partial charge on any atom is -0.385 e. The largest absolute Gasteiger partial charge is 0.385 e. The molecule has 1 unspecified atom stereocenters. The number of ketones is 1. The van der Waals surface area contributed by atoms with Gasteiger partial charge in [-0.2, -0.15) is 0 Å². The summed E-state index contributed by atoms with van der Waals surface area (Å²) in [6.45, 7) is 3.35. The maximum absolute atomic E-state index is 11.2. The molecule has 2 nitrogen and oxygen atoms in total. The minimum absolute atomic E-state index is 0.183. The number of hydrogen-bond acceptors (Lipinski definition) is 3. The van der Waals surface area contributed by atoms with Crippen LogP contribution in [0.4, 0.5) is 0 Å². The van der Waals surface area contributed by atoms with Gasteiger partial charge in [0.25, 0.3) is 0 Å². The van der Waals surface area contributed by atoms with Crippen molar-refractivity contribution in [1.82, 2.24) is 0 Å². The highest BCUT2D eigenvalue weighted by atomic mass is 32.1. The number of carbonyl (C=O) groups is 1. The molecule has 0 amide bonds. The van der Waals surface area contributed by atoms with Crippen LogP contribution < -0.4 is 0 Å². The third-order valence-corrected chi connectivity index (χ3v) is 2.50. The van der Waals surface area contributed by atoms with Gasteiger partial charge in [-0.1, -0.05) is 0 Å². The van der Waals surface area contributed by atoms with E-state index in [0.29, 0.717) is 4.88 Å². The van der Waals surface area contributed by atoms with Crippen LogP contribution in [0.15, 0.2) is 11.4 Å². The van der Waals surface area contributed by atoms with Gasteiger partial charge in [-0.3, -0.25) is 4.79 Å². The van der Waals surface area contributed by atoms with Gasteiger partial charge >= 0.3 is 0 Å². The van der Waals surface area contributed by atoms with E-state index in [9.17, 15) is 4.79 Å². The fourth-order valence-corrected chi connectivity index (χ4v) is 1.76. The Hall–Kier alpha value is -0.670. The summed E-state index contributed by atoms with van der Waals surface area (Å²) in [5.41, 5.74) is 0.945. The summed E-state index contributed by atoms with van der Waals surface area (Å²) >= 11 is 1.38. The van der Waals surface area contributed by atoms with Gasteiger partial charge in [-0.05, 0) is 30.9 Å². The zero-order chi connectivity index (χ0) is 8.43. The summed E-state index contributed by atoms with van der Waals surface area (Å²) < 4.78 is 0. The maximum atomic E-state index is 11.2. The van der Waals surface area contributed by atoms with E-state index in [-0.39, 0.29) is 5.78 Å². The second-order valence-electron chi connectivity index (χ2n) is 2.47. The molecule has 0 bridgehead atoms. The molecule has 0 saturated carbocycles. The predicted molar refractivity (Wildman–Crippen MR) is 45.1 cm³/mol. The Labute approximate surface area is 69.5 Å². The molecule has 0 aromatic carbocycles. The number of aryl methyl sites for hydroxylation is 1. The monoisotopic (exact) mass is 170 g/mol. The minimum atomic E-state index is -0.882. The molecule has 0 saturated heterocycles. The van der Waals surface area contributed by atoms with Gasteiger partial charge in [0.2, 0.25) is 5.78 Å². The molecule has 0 fully saturated rings. The van der Waals surface area contributed by atoms with E-state index in [4.69, 9.17) is 5.11 Å². The third-order valence-electron chi connectivity index (χ3n) is 1.47. The second kappa shape index (κ2) is 3.15. The standard InChI is InChI=1S/C8H10O2S/c1-5-3-4-11-8(5)7(10)6(2)9/h3-4,6,9H,1-2H3. The smallest absolute Gasteiger partial charge is 0.201 e. The topological polar surface area (TPSA) is 37.3 Å². The van der Waals surface area contributed by atoms with Crippen molar-refractivity contribution in [1.29, 1.82) is 0 Å². The SMILES string of the molecule is Cc1ccsc1C(=O)C(C)O. The maximum Gasteiger partial charge on any atom is 0.201 e. The van der Waals surface area contributed by atoms with Crippen molar-refractivity contribution < 1.29 is 9.90 Å². The Morgan fingerprint density at radius 1 is 1.73 bits per heavy atom. The molecule has 0 radical (unpaired) electrons. The van der Waals surface area contributed by atoms with Gasteiger partial charge < -0.3 is 5.11 Å². The molecule has 11 heavy (non-hydrogen) atoms. The lowest BCUT2D eigenvalue weighted by atomic mass is 10.1. The molecular weight excluding hydrogens is 160 g/mol. The van der Waals surface area contributed by atoms with E-state index >= 15 is 0 Å². The van der Waals surface area contributed by atoms with Crippen LogP contribution in [0, 0.1) is 6.92 Å².